The standard InChI is InChI=1S/C11H11N5O4S/c1-6(10(17)18)21-11-14-13-9(15(11)12)7-2-4-8(5-3-7)16(19)20/h2-6H,12H2,1H3,(H,17,18). The van der Waals surface area contributed by atoms with Crippen molar-refractivity contribution in [3.8, 4) is 11.4 Å². The van der Waals surface area contributed by atoms with Crippen LogP contribution in [0.4, 0.5) is 5.69 Å². The van der Waals surface area contributed by atoms with E-state index in [0.717, 1.165) is 16.4 Å². The summed E-state index contributed by atoms with van der Waals surface area (Å²) in [6, 6.07) is 5.66. The Bertz CT molecular complexity index is 684. The van der Waals surface area contributed by atoms with Crippen molar-refractivity contribution >= 4 is 23.4 Å². The molecule has 110 valence electrons. The average molecular weight is 309 g/mol. The molecule has 0 radical (unpaired) electrons. The lowest BCUT2D eigenvalue weighted by molar-refractivity contribution is -0.384. The Kier molecular flexibility index (Phi) is 4.08. The van der Waals surface area contributed by atoms with E-state index in [1.54, 1.807) is 0 Å². The highest BCUT2D eigenvalue weighted by molar-refractivity contribution is 8.00. The second-order valence-electron chi connectivity index (χ2n) is 4.08. The molecular formula is C11H11N5O4S. The second-order valence-corrected chi connectivity index (χ2v) is 5.39. The zero-order valence-corrected chi connectivity index (χ0v) is 11.6. The Morgan fingerprint density at radius 1 is 1.43 bits per heavy atom. The van der Waals surface area contributed by atoms with Crippen LogP contribution in [-0.4, -0.2) is 36.1 Å². The molecule has 0 spiro atoms. The van der Waals surface area contributed by atoms with Crippen molar-refractivity contribution in [2.24, 2.45) is 0 Å². The minimum Gasteiger partial charge on any atom is -0.480 e. The molecule has 21 heavy (non-hydrogen) atoms. The van der Waals surface area contributed by atoms with Crippen LogP contribution in [0.2, 0.25) is 0 Å². The van der Waals surface area contributed by atoms with E-state index < -0.39 is 16.1 Å². The zero-order chi connectivity index (χ0) is 15.6. The van der Waals surface area contributed by atoms with Crippen molar-refractivity contribution in [1.29, 1.82) is 0 Å². The van der Waals surface area contributed by atoms with Crippen LogP contribution in [-0.2, 0) is 4.79 Å². The molecule has 0 aliphatic rings. The Hall–Kier alpha value is -2.62. The molecule has 1 aromatic carbocycles. The maximum absolute atomic E-state index is 10.8. The van der Waals surface area contributed by atoms with Crippen LogP contribution in [0, 0.1) is 10.1 Å². The first-order chi connectivity index (χ1) is 9.90. The summed E-state index contributed by atoms with van der Waals surface area (Å²) >= 11 is 0.958. The SMILES string of the molecule is CC(Sc1nnc(-c2ccc([N+](=O)[O-])cc2)n1N)C(=O)O. The Morgan fingerprint density at radius 3 is 2.57 bits per heavy atom. The molecule has 0 aliphatic carbocycles. The van der Waals surface area contributed by atoms with Gasteiger partial charge in [-0.1, -0.05) is 11.8 Å². The van der Waals surface area contributed by atoms with Crippen LogP contribution in [0.25, 0.3) is 11.4 Å². The molecule has 0 fully saturated rings. The monoisotopic (exact) mass is 309 g/mol. The smallest absolute Gasteiger partial charge is 0.316 e. The number of aromatic nitrogens is 3. The van der Waals surface area contributed by atoms with E-state index in [1.165, 1.54) is 31.2 Å². The van der Waals surface area contributed by atoms with Gasteiger partial charge in [-0.05, 0) is 19.1 Å². The summed E-state index contributed by atoms with van der Waals surface area (Å²) in [5.74, 6) is 5.14. The topological polar surface area (TPSA) is 137 Å². The predicted molar refractivity (Wildman–Crippen MR) is 75.2 cm³/mol. The molecular weight excluding hydrogens is 298 g/mol. The normalized spacial score (nSPS) is 12.0. The predicted octanol–water partition coefficient (Wildman–Crippen LogP) is 1.13. The summed E-state index contributed by atoms with van der Waals surface area (Å²) in [6.07, 6.45) is 0. The van der Waals surface area contributed by atoms with Crippen LogP contribution in [0.15, 0.2) is 29.4 Å². The van der Waals surface area contributed by atoms with Gasteiger partial charge in [0.25, 0.3) is 5.69 Å². The van der Waals surface area contributed by atoms with Gasteiger partial charge >= 0.3 is 5.97 Å². The Balaban J connectivity index is 2.27. The van der Waals surface area contributed by atoms with Gasteiger partial charge in [0.05, 0.1) is 4.92 Å². The number of carboxylic acids is 1. The second kappa shape index (κ2) is 5.79. The molecule has 10 heteroatoms. The Labute approximate surface area is 122 Å². The van der Waals surface area contributed by atoms with Crippen LogP contribution in [0.5, 0.6) is 0 Å². The number of aliphatic carboxylic acids is 1. The fourth-order valence-electron chi connectivity index (χ4n) is 1.50. The highest BCUT2D eigenvalue weighted by Crippen LogP contribution is 2.25. The van der Waals surface area contributed by atoms with Crippen molar-refractivity contribution in [2.45, 2.75) is 17.3 Å². The number of rotatable bonds is 5. The summed E-state index contributed by atoms with van der Waals surface area (Å²) in [6.45, 7) is 1.51. The number of hydrogen-bond acceptors (Lipinski definition) is 7. The lowest BCUT2D eigenvalue weighted by atomic mass is 10.2. The first-order valence-electron chi connectivity index (χ1n) is 5.75. The number of nitro benzene ring substituents is 1. The lowest BCUT2D eigenvalue weighted by Gasteiger charge is -2.06. The number of nitrogens with zero attached hydrogens (tertiary/aromatic N) is 4. The van der Waals surface area contributed by atoms with Crippen LogP contribution >= 0.6 is 11.8 Å². The van der Waals surface area contributed by atoms with E-state index >= 15 is 0 Å². The van der Waals surface area contributed by atoms with Gasteiger partial charge in [-0.25, -0.2) is 4.68 Å². The van der Waals surface area contributed by atoms with Gasteiger partial charge in [0.1, 0.15) is 5.25 Å². The third kappa shape index (κ3) is 3.11. The number of thioether (sulfide) groups is 1. The molecule has 0 bridgehead atoms. The van der Waals surface area contributed by atoms with Crippen molar-refractivity contribution in [2.75, 3.05) is 5.84 Å². The van der Waals surface area contributed by atoms with E-state index in [9.17, 15) is 14.9 Å². The number of hydrogen-bond donors (Lipinski definition) is 2. The average Bonchev–Trinajstić information content (AvgIpc) is 2.80. The quantitative estimate of drug-likeness (QED) is 0.363. The molecule has 1 aromatic heterocycles. The van der Waals surface area contributed by atoms with Crippen molar-refractivity contribution in [3.05, 3.63) is 34.4 Å². The van der Waals surface area contributed by atoms with Crippen LogP contribution in [0.1, 0.15) is 6.92 Å². The minimum absolute atomic E-state index is 0.0454. The summed E-state index contributed by atoms with van der Waals surface area (Å²) in [7, 11) is 0. The van der Waals surface area contributed by atoms with Gasteiger partial charge in [0, 0.05) is 17.7 Å². The van der Waals surface area contributed by atoms with Gasteiger partial charge in [-0.2, -0.15) is 0 Å². The number of nitro groups is 1. The van der Waals surface area contributed by atoms with E-state index in [0.29, 0.717) is 11.4 Å². The van der Waals surface area contributed by atoms with Gasteiger partial charge in [-0.3, -0.25) is 14.9 Å². The molecule has 0 saturated heterocycles. The largest absolute Gasteiger partial charge is 0.480 e. The van der Waals surface area contributed by atoms with Crippen molar-refractivity contribution in [1.82, 2.24) is 14.9 Å². The molecule has 0 aliphatic heterocycles. The summed E-state index contributed by atoms with van der Waals surface area (Å²) in [4.78, 5) is 20.9. The molecule has 9 nitrogen and oxygen atoms in total. The van der Waals surface area contributed by atoms with E-state index in [1.807, 2.05) is 0 Å². The molecule has 1 atom stereocenters. The summed E-state index contributed by atoms with van der Waals surface area (Å²) in [5.41, 5.74) is 0.501. The maximum atomic E-state index is 10.8. The molecule has 2 rings (SSSR count). The first kappa shape index (κ1) is 14.8. The fourth-order valence-corrected chi connectivity index (χ4v) is 2.20. The number of non-ortho nitro benzene ring substituents is 1. The molecule has 2 aromatic rings. The number of carbonyl (C=O) groups is 1. The van der Waals surface area contributed by atoms with Gasteiger partial charge in [0.2, 0.25) is 5.16 Å². The van der Waals surface area contributed by atoms with Gasteiger partial charge in [0.15, 0.2) is 5.82 Å². The summed E-state index contributed by atoms with van der Waals surface area (Å²) < 4.78 is 1.16. The number of nitrogens with two attached hydrogens (primary N) is 1. The lowest BCUT2D eigenvalue weighted by Crippen LogP contribution is -2.16. The highest BCUT2D eigenvalue weighted by Gasteiger charge is 2.19. The highest BCUT2D eigenvalue weighted by atomic mass is 32.2. The number of nitrogen functional groups attached to an aromatic ring is 1. The molecule has 1 heterocycles. The van der Waals surface area contributed by atoms with Crippen LogP contribution in [0.3, 0.4) is 0 Å². The maximum Gasteiger partial charge on any atom is 0.316 e. The third-order valence-corrected chi connectivity index (χ3v) is 3.68. The van der Waals surface area contributed by atoms with Crippen molar-refractivity contribution < 1.29 is 14.8 Å². The molecule has 1 unspecified atom stereocenters. The summed E-state index contributed by atoms with van der Waals surface area (Å²) in [5, 5.41) is 26.7. The molecule has 0 saturated carbocycles. The van der Waals surface area contributed by atoms with Gasteiger partial charge < -0.3 is 10.9 Å². The third-order valence-electron chi connectivity index (χ3n) is 2.63. The van der Waals surface area contributed by atoms with E-state index in [2.05, 4.69) is 10.2 Å². The minimum atomic E-state index is -0.986. The first-order valence-corrected chi connectivity index (χ1v) is 6.63. The van der Waals surface area contributed by atoms with Crippen LogP contribution < -0.4 is 5.84 Å². The molecule has 0 amide bonds. The number of carboxylic acid groups (broad SMARTS) is 1. The van der Waals surface area contributed by atoms with Crippen molar-refractivity contribution in [3.63, 3.8) is 0 Å². The molecule has 3 N–H and O–H groups in total. The number of benzene rings is 1. The zero-order valence-electron chi connectivity index (χ0n) is 10.8. The van der Waals surface area contributed by atoms with Gasteiger partial charge in [-0.15, -0.1) is 10.2 Å². The van der Waals surface area contributed by atoms with E-state index in [-0.39, 0.29) is 10.8 Å². The van der Waals surface area contributed by atoms with E-state index in [4.69, 9.17) is 10.9 Å². The fraction of sp³-hybridized carbons (Fsp3) is 0.182. The Morgan fingerprint density at radius 2 is 2.05 bits per heavy atom.